The van der Waals surface area contributed by atoms with Crippen LogP contribution in [0, 0.1) is 0 Å². The first-order valence-electron chi connectivity index (χ1n) is 3.17. The van der Waals surface area contributed by atoms with Crippen LogP contribution in [-0.2, 0) is 9.53 Å². The molecule has 2 N–H and O–H groups in total. The summed E-state index contributed by atoms with van der Waals surface area (Å²) in [7, 11) is 0. The maximum atomic E-state index is 10.3. The van der Waals surface area contributed by atoms with E-state index in [1.807, 2.05) is 6.92 Å². The van der Waals surface area contributed by atoms with E-state index >= 15 is 0 Å². The molecular formula is C6H14NNaO2. The van der Waals surface area contributed by atoms with E-state index in [0.717, 1.165) is 12.8 Å². The second-order valence-corrected chi connectivity index (χ2v) is 1.78. The number of nitrogens with two attached hydrogens (primary N) is 1. The fraction of sp³-hybridized carbons (Fsp3) is 0.833. The van der Waals surface area contributed by atoms with Gasteiger partial charge in [-0.1, -0.05) is 13.3 Å². The molecule has 0 aliphatic carbocycles. The van der Waals surface area contributed by atoms with Crippen LogP contribution < -0.4 is 5.73 Å². The van der Waals surface area contributed by atoms with Crippen LogP contribution >= 0.6 is 0 Å². The van der Waals surface area contributed by atoms with Gasteiger partial charge in [-0.25, -0.2) is 0 Å². The topological polar surface area (TPSA) is 52.3 Å². The number of unbranched alkanes of at least 4 members (excludes halogenated alkanes) is 1. The monoisotopic (exact) mass is 155 g/mol. The van der Waals surface area contributed by atoms with E-state index in [1.165, 1.54) is 0 Å². The molecule has 0 saturated heterocycles. The van der Waals surface area contributed by atoms with E-state index in [-0.39, 0.29) is 42.1 Å². The fourth-order valence-corrected chi connectivity index (χ4v) is 0.389. The molecule has 0 atom stereocenters. The van der Waals surface area contributed by atoms with Gasteiger partial charge in [0.15, 0.2) is 0 Å². The summed E-state index contributed by atoms with van der Waals surface area (Å²) in [6.45, 7) is 2.53. The van der Waals surface area contributed by atoms with E-state index < -0.39 is 0 Å². The van der Waals surface area contributed by atoms with Gasteiger partial charge in [-0.05, 0) is 6.42 Å². The van der Waals surface area contributed by atoms with Crippen molar-refractivity contribution in [3.63, 3.8) is 0 Å². The number of carbonyl (C=O) groups is 1. The Morgan fingerprint density at radius 1 is 1.60 bits per heavy atom. The molecule has 0 saturated carbocycles. The van der Waals surface area contributed by atoms with Crippen LogP contribution in [0.15, 0.2) is 0 Å². The Morgan fingerprint density at radius 3 is 2.60 bits per heavy atom. The molecule has 10 heavy (non-hydrogen) atoms. The number of hydrogen-bond acceptors (Lipinski definition) is 3. The zero-order chi connectivity index (χ0) is 7.11. The molecule has 0 rings (SSSR count). The van der Waals surface area contributed by atoms with Gasteiger partial charge >= 0.3 is 35.5 Å². The summed E-state index contributed by atoms with van der Waals surface area (Å²) in [6, 6.07) is 0. The molecule has 56 valence electrons. The van der Waals surface area contributed by atoms with Crippen LogP contribution in [0.3, 0.4) is 0 Å². The molecule has 0 aromatic rings. The van der Waals surface area contributed by atoms with Crippen molar-refractivity contribution in [2.24, 2.45) is 5.73 Å². The molecule has 0 heterocycles. The number of ether oxygens (including phenoxy) is 1. The van der Waals surface area contributed by atoms with Gasteiger partial charge in [-0.3, -0.25) is 4.79 Å². The van der Waals surface area contributed by atoms with Crippen LogP contribution in [0.5, 0.6) is 0 Å². The van der Waals surface area contributed by atoms with Crippen molar-refractivity contribution in [1.82, 2.24) is 0 Å². The third-order valence-electron chi connectivity index (χ3n) is 0.928. The van der Waals surface area contributed by atoms with Crippen LogP contribution in [0.1, 0.15) is 19.8 Å². The number of rotatable bonds is 4. The Hall–Kier alpha value is 0.430. The van der Waals surface area contributed by atoms with Gasteiger partial charge in [0.05, 0.1) is 13.2 Å². The zero-order valence-corrected chi connectivity index (χ0v) is 5.72. The third kappa shape index (κ3) is 8.43. The minimum absolute atomic E-state index is 0. The summed E-state index contributed by atoms with van der Waals surface area (Å²) in [4.78, 5) is 10.3. The summed E-state index contributed by atoms with van der Waals surface area (Å²) >= 11 is 0. The van der Waals surface area contributed by atoms with Gasteiger partial charge < -0.3 is 10.5 Å². The average Bonchev–Trinajstić information content (AvgIpc) is 1.89. The SMILES string of the molecule is CCCCOC(=O)CN.[NaH]. The van der Waals surface area contributed by atoms with Crippen LogP contribution in [0.4, 0.5) is 0 Å². The Kier molecular flexibility index (Phi) is 12.3. The molecule has 0 amide bonds. The maximum absolute atomic E-state index is 10.3. The van der Waals surface area contributed by atoms with Gasteiger partial charge in [0.25, 0.3) is 0 Å². The molecule has 0 bridgehead atoms. The quantitative estimate of drug-likeness (QED) is 0.342. The van der Waals surface area contributed by atoms with E-state index in [0.29, 0.717) is 6.61 Å². The number of carbonyl (C=O) groups excluding carboxylic acids is 1. The van der Waals surface area contributed by atoms with Crippen LogP contribution in [0.25, 0.3) is 0 Å². The zero-order valence-electron chi connectivity index (χ0n) is 5.72. The Labute approximate surface area is 83.6 Å². The molecule has 3 nitrogen and oxygen atoms in total. The van der Waals surface area contributed by atoms with Crippen molar-refractivity contribution in [2.75, 3.05) is 13.2 Å². The van der Waals surface area contributed by atoms with Crippen molar-refractivity contribution >= 4 is 35.5 Å². The standard InChI is InChI=1S/C6H13NO2.Na.H/c1-2-3-4-9-6(8)5-7;;/h2-5,7H2,1H3;;. The normalized spacial score (nSPS) is 8.20. The molecule has 0 spiro atoms. The fourth-order valence-electron chi connectivity index (χ4n) is 0.389. The predicted molar refractivity (Wildman–Crippen MR) is 42.1 cm³/mol. The van der Waals surface area contributed by atoms with Crippen molar-refractivity contribution < 1.29 is 9.53 Å². The molecule has 4 heteroatoms. The van der Waals surface area contributed by atoms with Crippen molar-refractivity contribution in [1.29, 1.82) is 0 Å². The summed E-state index contributed by atoms with van der Waals surface area (Å²) in [6.07, 6.45) is 1.96. The Bertz CT molecular complexity index is 87.8. The number of esters is 1. The molecule has 0 aliphatic heterocycles. The Balaban J connectivity index is 0. The molecule has 0 aliphatic rings. The molecule has 0 aromatic carbocycles. The van der Waals surface area contributed by atoms with E-state index in [1.54, 1.807) is 0 Å². The van der Waals surface area contributed by atoms with Gasteiger partial charge in [0, 0.05) is 0 Å². The van der Waals surface area contributed by atoms with E-state index in [9.17, 15) is 4.79 Å². The van der Waals surface area contributed by atoms with Crippen molar-refractivity contribution in [2.45, 2.75) is 19.8 Å². The second kappa shape index (κ2) is 9.43. The van der Waals surface area contributed by atoms with Crippen LogP contribution in [0.2, 0.25) is 0 Å². The summed E-state index contributed by atoms with van der Waals surface area (Å²) in [5.74, 6) is -0.316. The predicted octanol–water partition coefficient (Wildman–Crippen LogP) is -0.360. The summed E-state index contributed by atoms with van der Waals surface area (Å²) in [5, 5.41) is 0. The molecule has 0 radical (unpaired) electrons. The molecular weight excluding hydrogens is 141 g/mol. The third-order valence-corrected chi connectivity index (χ3v) is 0.928. The second-order valence-electron chi connectivity index (χ2n) is 1.78. The van der Waals surface area contributed by atoms with Gasteiger partial charge in [-0.15, -0.1) is 0 Å². The minimum atomic E-state index is -0.316. The molecule has 0 aromatic heterocycles. The van der Waals surface area contributed by atoms with Gasteiger partial charge in [0.1, 0.15) is 0 Å². The first-order chi connectivity index (χ1) is 4.31. The van der Waals surface area contributed by atoms with E-state index in [2.05, 4.69) is 4.74 Å². The van der Waals surface area contributed by atoms with Gasteiger partial charge in [0.2, 0.25) is 0 Å². The van der Waals surface area contributed by atoms with Gasteiger partial charge in [-0.2, -0.15) is 0 Å². The number of hydrogen-bond donors (Lipinski definition) is 1. The first kappa shape index (κ1) is 13.1. The molecule has 0 fully saturated rings. The van der Waals surface area contributed by atoms with E-state index in [4.69, 9.17) is 5.73 Å². The summed E-state index contributed by atoms with van der Waals surface area (Å²) < 4.78 is 4.67. The van der Waals surface area contributed by atoms with Crippen LogP contribution in [-0.4, -0.2) is 48.7 Å². The van der Waals surface area contributed by atoms with Crippen molar-refractivity contribution in [3.8, 4) is 0 Å². The molecule has 0 unspecified atom stereocenters. The summed E-state index contributed by atoms with van der Waals surface area (Å²) in [5.41, 5.74) is 4.98. The Morgan fingerprint density at radius 2 is 2.20 bits per heavy atom. The first-order valence-corrected chi connectivity index (χ1v) is 3.17. The van der Waals surface area contributed by atoms with Crippen molar-refractivity contribution in [3.05, 3.63) is 0 Å². The average molecular weight is 155 g/mol.